The summed E-state index contributed by atoms with van der Waals surface area (Å²) in [5.41, 5.74) is 16.6. The molecule has 0 radical (unpaired) electrons. The fourth-order valence-electron chi connectivity index (χ4n) is 9.23. The van der Waals surface area contributed by atoms with E-state index in [0.717, 1.165) is 27.6 Å². The Hall–Kier alpha value is -6.84. The van der Waals surface area contributed by atoms with Crippen molar-refractivity contribution in [3.63, 3.8) is 0 Å². The van der Waals surface area contributed by atoms with Gasteiger partial charge in [-0.2, -0.15) is 0 Å². The van der Waals surface area contributed by atoms with Gasteiger partial charge in [0.2, 0.25) is 0 Å². The highest BCUT2D eigenvalue weighted by atomic mass is 16.3. The fourth-order valence-corrected chi connectivity index (χ4v) is 9.23. The maximum absolute atomic E-state index is 6.33. The highest BCUT2D eigenvalue weighted by Gasteiger charge is 2.22. The van der Waals surface area contributed by atoms with E-state index < -0.39 is 0 Å². The summed E-state index contributed by atoms with van der Waals surface area (Å²) in [4.78, 5) is 0. The monoisotopic (exact) mass is 762 g/mol. The Morgan fingerprint density at radius 3 is 1.36 bits per heavy atom. The number of hydrogen-bond donors (Lipinski definition) is 0. The van der Waals surface area contributed by atoms with Gasteiger partial charge in [-0.3, -0.25) is 0 Å². The van der Waals surface area contributed by atoms with Crippen LogP contribution < -0.4 is 0 Å². The van der Waals surface area contributed by atoms with E-state index in [2.05, 4.69) is 214 Å². The molecule has 11 rings (SSSR count). The number of para-hydroxylation sites is 2. The van der Waals surface area contributed by atoms with Crippen molar-refractivity contribution >= 4 is 65.6 Å². The molecule has 0 bridgehead atoms. The van der Waals surface area contributed by atoms with Gasteiger partial charge in [0.05, 0.1) is 27.5 Å². The van der Waals surface area contributed by atoms with Crippen LogP contribution in [0, 0.1) is 0 Å². The summed E-state index contributed by atoms with van der Waals surface area (Å²) in [5.74, 6) is 0. The molecule has 0 atom stereocenters. The average Bonchev–Trinajstić information content (AvgIpc) is 3.90. The Bertz CT molecular complexity index is 3340. The number of benzene rings is 8. The summed E-state index contributed by atoms with van der Waals surface area (Å²) in [6, 6.07) is 62.4. The summed E-state index contributed by atoms with van der Waals surface area (Å²) in [6.45, 7) is 13.8. The number of hydrogen-bond acceptors (Lipinski definition) is 1. The van der Waals surface area contributed by atoms with Crippen LogP contribution in [0.5, 0.6) is 0 Å². The van der Waals surface area contributed by atoms with Crippen LogP contribution in [0.4, 0.5) is 0 Å². The Balaban J connectivity index is 0.928. The van der Waals surface area contributed by atoms with E-state index in [1.807, 2.05) is 6.07 Å². The van der Waals surface area contributed by atoms with Gasteiger partial charge in [-0.05, 0) is 117 Å². The first-order chi connectivity index (χ1) is 28.5. The van der Waals surface area contributed by atoms with E-state index in [9.17, 15) is 0 Å². The van der Waals surface area contributed by atoms with Crippen molar-refractivity contribution in [2.24, 2.45) is 0 Å². The SMILES string of the molecule is CC(C)(C)c1ccc2c(c1)c1cc(C(C)(C)C)ccc1n2-c1ccc(-c2ccc(-c3ccc(-n4c5ccccc5c5ccc6oc7ccccc7c6c54)cc3)cc2)cc1. The highest BCUT2D eigenvalue weighted by Crippen LogP contribution is 2.42. The van der Waals surface area contributed by atoms with Crippen molar-refractivity contribution in [3.05, 3.63) is 181 Å². The zero-order valence-corrected chi connectivity index (χ0v) is 34.5. The van der Waals surface area contributed by atoms with Crippen LogP contribution in [0.1, 0.15) is 52.7 Å². The first-order valence-corrected chi connectivity index (χ1v) is 20.8. The molecule has 3 heterocycles. The van der Waals surface area contributed by atoms with Crippen LogP contribution in [0.3, 0.4) is 0 Å². The summed E-state index contributed by atoms with van der Waals surface area (Å²) >= 11 is 0. The minimum atomic E-state index is 0.0720. The highest BCUT2D eigenvalue weighted by molar-refractivity contribution is 6.24. The lowest BCUT2D eigenvalue weighted by atomic mass is 9.85. The molecule has 59 heavy (non-hydrogen) atoms. The van der Waals surface area contributed by atoms with E-state index in [1.165, 1.54) is 82.7 Å². The predicted octanol–water partition coefficient (Wildman–Crippen LogP) is 15.7. The third-order valence-electron chi connectivity index (χ3n) is 12.5. The number of nitrogens with zero attached hydrogens (tertiary/aromatic N) is 2. The van der Waals surface area contributed by atoms with Gasteiger partial charge in [-0.15, -0.1) is 0 Å². The predicted molar refractivity (Wildman–Crippen MR) is 251 cm³/mol. The third kappa shape index (κ3) is 5.63. The molecule has 0 saturated heterocycles. The lowest BCUT2D eigenvalue weighted by molar-refractivity contribution is 0.590. The van der Waals surface area contributed by atoms with Crippen molar-refractivity contribution in [1.29, 1.82) is 0 Å². The van der Waals surface area contributed by atoms with Gasteiger partial charge < -0.3 is 13.6 Å². The van der Waals surface area contributed by atoms with Crippen LogP contribution in [0.15, 0.2) is 174 Å². The smallest absolute Gasteiger partial charge is 0.137 e. The molecule has 3 aromatic heterocycles. The molecule has 0 aliphatic carbocycles. The second kappa shape index (κ2) is 12.8. The normalized spacial score (nSPS) is 12.6. The molecule has 3 nitrogen and oxygen atoms in total. The maximum Gasteiger partial charge on any atom is 0.137 e. The molecule has 0 N–H and O–H groups in total. The Kier molecular flexibility index (Phi) is 7.68. The average molecular weight is 763 g/mol. The molecule has 0 spiro atoms. The molecule has 0 aliphatic heterocycles. The summed E-state index contributed by atoms with van der Waals surface area (Å²) < 4.78 is 11.2. The molecule has 0 saturated carbocycles. The molecule has 286 valence electrons. The maximum atomic E-state index is 6.33. The van der Waals surface area contributed by atoms with E-state index in [-0.39, 0.29) is 10.8 Å². The first kappa shape index (κ1) is 35.3. The van der Waals surface area contributed by atoms with E-state index in [4.69, 9.17) is 4.42 Å². The van der Waals surface area contributed by atoms with E-state index in [1.54, 1.807) is 0 Å². The third-order valence-corrected chi connectivity index (χ3v) is 12.5. The zero-order chi connectivity index (χ0) is 40.2. The molecule has 0 unspecified atom stereocenters. The summed E-state index contributed by atoms with van der Waals surface area (Å²) in [5, 5.41) is 7.38. The minimum Gasteiger partial charge on any atom is -0.456 e. The van der Waals surface area contributed by atoms with E-state index >= 15 is 0 Å². The van der Waals surface area contributed by atoms with Gasteiger partial charge in [-0.25, -0.2) is 0 Å². The molecular weight excluding hydrogens is 717 g/mol. The number of rotatable bonds is 4. The van der Waals surface area contributed by atoms with Crippen LogP contribution in [0.2, 0.25) is 0 Å². The fraction of sp³-hybridized carbons (Fsp3) is 0.143. The van der Waals surface area contributed by atoms with Crippen LogP contribution in [-0.2, 0) is 10.8 Å². The van der Waals surface area contributed by atoms with Gasteiger partial charge in [-0.1, -0.05) is 139 Å². The second-order valence-corrected chi connectivity index (χ2v) is 18.3. The van der Waals surface area contributed by atoms with Gasteiger partial charge in [0.25, 0.3) is 0 Å². The van der Waals surface area contributed by atoms with Crippen molar-refractivity contribution in [3.8, 4) is 33.6 Å². The quantitative estimate of drug-likeness (QED) is 0.175. The van der Waals surface area contributed by atoms with Crippen molar-refractivity contribution in [2.45, 2.75) is 52.4 Å². The van der Waals surface area contributed by atoms with Crippen molar-refractivity contribution in [1.82, 2.24) is 9.13 Å². The number of fused-ring (bicyclic) bond motifs is 10. The standard InChI is InChI=1S/C56H46N2O/c1-55(2,3)39-23-30-49-46(33-39)47-34-40(56(4,5)6)24-31-50(47)57(49)41-25-19-37(20-26-41)35-15-17-36(18-16-35)38-21-27-42(28-22-38)58-48-13-9-7-11-43(48)44-29-32-52-53(54(44)58)45-12-8-10-14-51(45)59-52/h7-34H,1-6H3. The summed E-state index contributed by atoms with van der Waals surface area (Å²) in [6.07, 6.45) is 0. The molecular formula is C56H46N2O. The second-order valence-electron chi connectivity index (χ2n) is 18.3. The molecule has 0 aliphatic rings. The van der Waals surface area contributed by atoms with Gasteiger partial charge in [0.1, 0.15) is 11.2 Å². The topological polar surface area (TPSA) is 23.0 Å². The van der Waals surface area contributed by atoms with Crippen LogP contribution in [0.25, 0.3) is 99.2 Å². The zero-order valence-electron chi connectivity index (χ0n) is 34.5. The molecule has 0 amide bonds. The lowest BCUT2D eigenvalue weighted by Crippen LogP contribution is -2.10. The number of aromatic nitrogens is 2. The molecule has 0 fully saturated rings. The first-order valence-electron chi connectivity index (χ1n) is 20.8. The Morgan fingerprint density at radius 1 is 0.356 bits per heavy atom. The largest absolute Gasteiger partial charge is 0.456 e. The minimum absolute atomic E-state index is 0.0720. The van der Waals surface area contributed by atoms with Crippen LogP contribution >= 0.6 is 0 Å². The molecule has 3 heteroatoms. The van der Waals surface area contributed by atoms with E-state index in [0.29, 0.717) is 0 Å². The molecule has 11 aromatic rings. The van der Waals surface area contributed by atoms with Crippen molar-refractivity contribution in [2.75, 3.05) is 0 Å². The van der Waals surface area contributed by atoms with Gasteiger partial charge >= 0.3 is 0 Å². The van der Waals surface area contributed by atoms with Crippen molar-refractivity contribution < 1.29 is 4.42 Å². The summed E-state index contributed by atoms with van der Waals surface area (Å²) in [7, 11) is 0. The lowest BCUT2D eigenvalue weighted by Gasteiger charge is -2.19. The van der Waals surface area contributed by atoms with Gasteiger partial charge in [0, 0.05) is 38.3 Å². The molecule has 8 aromatic carbocycles. The van der Waals surface area contributed by atoms with Gasteiger partial charge in [0.15, 0.2) is 0 Å². The Morgan fingerprint density at radius 2 is 0.814 bits per heavy atom. The van der Waals surface area contributed by atoms with Crippen LogP contribution in [-0.4, -0.2) is 9.13 Å². The Labute approximate surface area is 344 Å². The number of furan rings is 1.